The Balaban J connectivity index is 2.09. The molecule has 1 fully saturated rings. The number of allylic oxidation sites excluding steroid dienone is 4. The van der Waals surface area contributed by atoms with Crippen LogP contribution >= 0.6 is 0 Å². The van der Waals surface area contributed by atoms with Gasteiger partial charge in [0.25, 0.3) is 0 Å². The Morgan fingerprint density at radius 3 is 2.58 bits per heavy atom. The van der Waals surface area contributed by atoms with Crippen LogP contribution in [0.2, 0.25) is 0 Å². The average molecular weight is 162 g/mol. The van der Waals surface area contributed by atoms with Crippen molar-refractivity contribution < 1.29 is 9.90 Å². The van der Waals surface area contributed by atoms with E-state index in [0.29, 0.717) is 17.6 Å². The molecule has 3 aliphatic carbocycles. The van der Waals surface area contributed by atoms with E-state index in [-0.39, 0.29) is 17.6 Å². The molecule has 0 unspecified atom stereocenters. The Bertz CT molecular complexity index is 314. The Morgan fingerprint density at radius 1 is 1.25 bits per heavy atom. The number of hydrogen-bond acceptors (Lipinski definition) is 2. The van der Waals surface area contributed by atoms with E-state index in [0.717, 1.165) is 6.42 Å². The van der Waals surface area contributed by atoms with Gasteiger partial charge in [-0.05, 0) is 18.3 Å². The quantitative estimate of drug-likeness (QED) is 0.547. The van der Waals surface area contributed by atoms with Crippen molar-refractivity contribution in [3.8, 4) is 0 Å². The lowest BCUT2D eigenvalue weighted by Gasteiger charge is -2.19. The highest BCUT2D eigenvalue weighted by Crippen LogP contribution is 2.53. The van der Waals surface area contributed by atoms with E-state index in [1.54, 1.807) is 0 Å². The molecule has 62 valence electrons. The Labute approximate surface area is 70.6 Å². The summed E-state index contributed by atoms with van der Waals surface area (Å²) in [4.78, 5) is 11.4. The third kappa shape index (κ3) is 0.554. The number of aliphatic hydroxyl groups excluding tert-OH is 1. The fourth-order valence-corrected chi connectivity index (χ4v) is 2.95. The zero-order valence-electron chi connectivity index (χ0n) is 6.60. The highest BCUT2D eigenvalue weighted by molar-refractivity contribution is 5.96. The molecule has 2 nitrogen and oxygen atoms in total. The molecule has 4 atom stereocenters. The first-order valence-electron chi connectivity index (χ1n) is 4.40. The van der Waals surface area contributed by atoms with Crippen LogP contribution in [0, 0.1) is 23.7 Å². The van der Waals surface area contributed by atoms with Crippen LogP contribution in [-0.4, -0.2) is 10.9 Å². The molecule has 0 aliphatic heterocycles. The second-order valence-corrected chi connectivity index (χ2v) is 3.97. The van der Waals surface area contributed by atoms with Crippen molar-refractivity contribution in [1.82, 2.24) is 0 Å². The zero-order chi connectivity index (χ0) is 8.29. The molecule has 0 aromatic carbocycles. The van der Waals surface area contributed by atoms with Crippen LogP contribution in [0.3, 0.4) is 0 Å². The summed E-state index contributed by atoms with van der Waals surface area (Å²) in [5.41, 5.74) is 0. The number of hydrogen-bond donors (Lipinski definition) is 1. The number of carbonyl (C=O) groups excluding carboxylic acids is 1. The summed E-state index contributed by atoms with van der Waals surface area (Å²) in [6.45, 7) is 0. The number of aliphatic hydroxyl groups is 1. The molecule has 12 heavy (non-hydrogen) atoms. The van der Waals surface area contributed by atoms with Crippen LogP contribution in [0.1, 0.15) is 6.42 Å². The van der Waals surface area contributed by atoms with E-state index < -0.39 is 0 Å². The lowest BCUT2D eigenvalue weighted by molar-refractivity contribution is -0.118. The molecule has 2 heteroatoms. The van der Waals surface area contributed by atoms with Gasteiger partial charge in [0.05, 0.1) is 0 Å². The molecule has 0 radical (unpaired) electrons. The second kappa shape index (κ2) is 1.82. The lowest BCUT2D eigenvalue weighted by atomic mass is 9.84. The minimum absolute atomic E-state index is 0.0833. The van der Waals surface area contributed by atoms with E-state index in [1.165, 1.54) is 6.08 Å². The monoisotopic (exact) mass is 162 g/mol. The van der Waals surface area contributed by atoms with Crippen molar-refractivity contribution in [2.45, 2.75) is 6.42 Å². The van der Waals surface area contributed by atoms with Gasteiger partial charge >= 0.3 is 0 Å². The molecule has 3 rings (SSSR count). The first-order valence-corrected chi connectivity index (χ1v) is 4.40. The Hall–Kier alpha value is -1.05. The third-order valence-electron chi connectivity index (χ3n) is 3.42. The molecule has 3 aliphatic rings. The minimum Gasteiger partial charge on any atom is -0.512 e. The highest BCUT2D eigenvalue weighted by Gasteiger charge is 2.52. The molecule has 0 aromatic heterocycles. The maximum Gasteiger partial charge on any atom is 0.163 e. The molecular weight excluding hydrogens is 152 g/mol. The van der Waals surface area contributed by atoms with Gasteiger partial charge in [0.2, 0.25) is 0 Å². The van der Waals surface area contributed by atoms with E-state index >= 15 is 0 Å². The van der Waals surface area contributed by atoms with Crippen molar-refractivity contribution in [3.05, 3.63) is 24.0 Å². The van der Waals surface area contributed by atoms with E-state index in [4.69, 9.17) is 0 Å². The first-order chi connectivity index (χ1) is 5.77. The predicted molar refractivity (Wildman–Crippen MR) is 43.4 cm³/mol. The van der Waals surface area contributed by atoms with Gasteiger partial charge in [-0.3, -0.25) is 4.79 Å². The van der Waals surface area contributed by atoms with Gasteiger partial charge in [0.1, 0.15) is 5.76 Å². The lowest BCUT2D eigenvalue weighted by Crippen LogP contribution is -2.21. The maximum absolute atomic E-state index is 11.4. The number of fused-ring (bicyclic) bond motifs is 5. The van der Waals surface area contributed by atoms with Gasteiger partial charge in [-0.1, -0.05) is 12.2 Å². The first kappa shape index (κ1) is 6.46. The topological polar surface area (TPSA) is 37.3 Å². The third-order valence-corrected chi connectivity index (χ3v) is 3.42. The molecule has 0 heterocycles. The summed E-state index contributed by atoms with van der Waals surface area (Å²) in [5.74, 6) is 1.51. The van der Waals surface area contributed by atoms with Crippen molar-refractivity contribution in [2.24, 2.45) is 23.7 Å². The number of carbonyl (C=O) groups is 1. The van der Waals surface area contributed by atoms with Gasteiger partial charge in [0.15, 0.2) is 5.78 Å². The fourth-order valence-electron chi connectivity index (χ4n) is 2.95. The molecule has 2 bridgehead atoms. The van der Waals surface area contributed by atoms with Gasteiger partial charge in [-0.2, -0.15) is 0 Å². The second-order valence-electron chi connectivity index (χ2n) is 3.97. The van der Waals surface area contributed by atoms with Crippen LogP contribution in [-0.2, 0) is 4.79 Å². The van der Waals surface area contributed by atoms with Gasteiger partial charge in [-0.15, -0.1) is 0 Å². The molecule has 0 spiro atoms. The van der Waals surface area contributed by atoms with Gasteiger partial charge < -0.3 is 5.11 Å². The van der Waals surface area contributed by atoms with E-state index in [1.807, 2.05) is 0 Å². The SMILES string of the molecule is O=C1C=C(O)[C@H]2[C@@H]1[C@H]1C=C[C@@H]2C1. The predicted octanol–water partition coefficient (Wildman–Crippen LogP) is 1.45. The number of rotatable bonds is 0. The largest absolute Gasteiger partial charge is 0.512 e. The van der Waals surface area contributed by atoms with Crippen LogP contribution in [0.4, 0.5) is 0 Å². The minimum atomic E-state index is 0.0833. The zero-order valence-corrected chi connectivity index (χ0v) is 6.60. The van der Waals surface area contributed by atoms with Crippen molar-refractivity contribution >= 4 is 5.78 Å². The molecular formula is C10H10O2. The van der Waals surface area contributed by atoms with Crippen LogP contribution in [0.25, 0.3) is 0 Å². The normalized spacial score (nSPS) is 48.3. The average Bonchev–Trinajstić information content (AvgIpc) is 2.64. The molecule has 0 saturated heterocycles. The summed E-state index contributed by atoms with van der Waals surface area (Å²) in [5, 5.41) is 9.50. The van der Waals surface area contributed by atoms with Crippen molar-refractivity contribution in [1.29, 1.82) is 0 Å². The van der Waals surface area contributed by atoms with Gasteiger partial charge in [0, 0.05) is 17.9 Å². The van der Waals surface area contributed by atoms with Crippen molar-refractivity contribution in [3.63, 3.8) is 0 Å². The maximum atomic E-state index is 11.4. The van der Waals surface area contributed by atoms with Crippen LogP contribution in [0.5, 0.6) is 0 Å². The summed E-state index contributed by atoms with van der Waals surface area (Å²) < 4.78 is 0. The molecule has 1 N–H and O–H groups in total. The van der Waals surface area contributed by atoms with Crippen molar-refractivity contribution in [2.75, 3.05) is 0 Å². The summed E-state index contributed by atoms with van der Waals surface area (Å²) in [7, 11) is 0. The summed E-state index contributed by atoms with van der Waals surface area (Å²) >= 11 is 0. The van der Waals surface area contributed by atoms with E-state index in [9.17, 15) is 9.90 Å². The van der Waals surface area contributed by atoms with Crippen LogP contribution < -0.4 is 0 Å². The number of ketones is 1. The fraction of sp³-hybridized carbons (Fsp3) is 0.500. The molecule has 0 amide bonds. The molecule has 1 saturated carbocycles. The summed E-state index contributed by atoms with van der Waals surface area (Å²) in [6.07, 6.45) is 6.77. The Morgan fingerprint density at radius 2 is 1.92 bits per heavy atom. The molecule has 0 aromatic rings. The smallest absolute Gasteiger partial charge is 0.163 e. The summed E-state index contributed by atoms with van der Waals surface area (Å²) in [6, 6.07) is 0. The highest BCUT2D eigenvalue weighted by atomic mass is 16.3. The van der Waals surface area contributed by atoms with Crippen LogP contribution in [0.15, 0.2) is 24.0 Å². The van der Waals surface area contributed by atoms with Gasteiger partial charge in [-0.25, -0.2) is 0 Å². The van der Waals surface area contributed by atoms with E-state index in [2.05, 4.69) is 12.2 Å². The standard InChI is InChI=1S/C10H10O2/c11-7-4-8(12)10-6-2-1-5(3-6)9(7)10/h1-2,4-6,9-11H,3H2/t5-,6+,9+,10-/m1/s1. The Kier molecular flexibility index (Phi) is 0.978.